The van der Waals surface area contributed by atoms with Gasteiger partial charge in [0, 0.05) is 10.7 Å². The van der Waals surface area contributed by atoms with Crippen LogP contribution in [0.25, 0.3) is 0 Å². The molecule has 0 saturated heterocycles. The second-order valence-electron chi connectivity index (χ2n) is 7.14. The minimum atomic E-state index is -3.72. The van der Waals surface area contributed by atoms with Crippen molar-refractivity contribution in [2.75, 3.05) is 5.32 Å². The number of hydrazine groups is 1. The maximum absolute atomic E-state index is 12.7. The van der Waals surface area contributed by atoms with Crippen LogP contribution < -0.4 is 16.2 Å². The number of hydrogen-bond donors (Lipinski definition) is 3. The lowest BCUT2D eigenvalue weighted by molar-refractivity contribution is 0.0506. The molecule has 2 aromatic rings. The van der Waals surface area contributed by atoms with E-state index in [4.69, 9.17) is 16.3 Å². The maximum Gasteiger partial charge on any atom is 0.426 e. The first-order valence-corrected chi connectivity index (χ1v) is 10.4. The van der Waals surface area contributed by atoms with E-state index < -0.39 is 27.6 Å². The summed E-state index contributed by atoms with van der Waals surface area (Å²) in [6.45, 7) is 6.78. The Morgan fingerprint density at radius 1 is 0.966 bits per heavy atom. The molecule has 156 valence electrons. The predicted molar refractivity (Wildman–Crippen MR) is 110 cm³/mol. The van der Waals surface area contributed by atoms with Crippen molar-refractivity contribution in [2.45, 2.75) is 43.1 Å². The Morgan fingerprint density at radius 3 is 2.10 bits per heavy atom. The molecule has 3 N–H and O–H groups in total. The number of urea groups is 1. The van der Waals surface area contributed by atoms with Gasteiger partial charge in [0.2, 0.25) is 9.84 Å². The molecule has 8 nitrogen and oxygen atoms in total. The van der Waals surface area contributed by atoms with E-state index in [1.54, 1.807) is 27.7 Å². The number of halogens is 1. The van der Waals surface area contributed by atoms with Crippen molar-refractivity contribution < 1.29 is 22.7 Å². The van der Waals surface area contributed by atoms with Gasteiger partial charge in [0.25, 0.3) is 0 Å². The van der Waals surface area contributed by atoms with E-state index in [9.17, 15) is 18.0 Å². The number of sulfone groups is 1. The van der Waals surface area contributed by atoms with Gasteiger partial charge in [-0.15, -0.1) is 0 Å². The molecular formula is C19H22ClN3O5S. The largest absolute Gasteiger partial charge is 0.443 e. The molecule has 2 aromatic carbocycles. The zero-order valence-electron chi connectivity index (χ0n) is 16.4. The van der Waals surface area contributed by atoms with Crippen LogP contribution in [-0.4, -0.2) is 26.1 Å². The van der Waals surface area contributed by atoms with Crippen molar-refractivity contribution in [3.05, 3.63) is 53.1 Å². The SMILES string of the molecule is Cc1cc(S(=O)(=O)c2ccc(NC(=O)NNC(=O)OC(C)(C)C)cc2)ccc1Cl. The number of rotatable bonds is 3. The molecule has 29 heavy (non-hydrogen) atoms. The summed E-state index contributed by atoms with van der Waals surface area (Å²) in [4.78, 5) is 23.5. The smallest absolute Gasteiger partial charge is 0.426 e. The Kier molecular flexibility index (Phi) is 6.76. The summed E-state index contributed by atoms with van der Waals surface area (Å²) in [5.74, 6) is 0. The van der Waals surface area contributed by atoms with Gasteiger partial charge < -0.3 is 10.1 Å². The molecule has 0 bridgehead atoms. The molecule has 0 aromatic heterocycles. The van der Waals surface area contributed by atoms with Crippen LogP contribution in [0.2, 0.25) is 5.02 Å². The Balaban J connectivity index is 2.01. The zero-order chi connectivity index (χ0) is 21.8. The Labute approximate surface area is 174 Å². The lowest BCUT2D eigenvalue weighted by Gasteiger charge is -2.19. The molecule has 3 amide bonds. The number of benzene rings is 2. The molecular weight excluding hydrogens is 418 g/mol. The third-order valence-corrected chi connectivity index (χ3v) is 5.73. The summed E-state index contributed by atoms with van der Waals surface area (Å²) in [6, 6.07) is 9.35. The van der Waals surface area contributed by atoms with Crippen molar-refractivity contribution in [3.8, 4) is 0 Å². The van der Waals surface area contributed by atoms with Crippen molar-refractivity contribution in [3.63, 3.8) is 0 Å². The Bertz CT molecular complexity index is 1020. The second-order valence-corrected chi connectivity index (χ2v) is 9.50. The topological polar surface area (TPSA) is 114 Å². The zero-order valence-corrected chi connectivity index (χ0v) is 17.9. The number of ether oxygens (including phenoxy) is 1. The lowest BCUT2D eigenvalue weighted by Crippen LogP contribution is -2.46. The first-order valence-electron chi connectivity index (χ1n) is 8.56. The summed E-state index contributed by atoms with van der Waals surface area (Å²) >= 11 is 5.95. The number of anilines is 1. The van der Waals surface area contributed by atoms with Gasteiger partial charge in [0.1, 0.15) is 5.60 Å². The molecule has 0 aliphatic heterocycles. The minimum absolute atomic E-state index is 0.0667. The van der Waals surface area contributed by atoms with Crippen LogP contribution in [-0.2, 0) is 14.6 Å². The number of amides is 3. The normalized spacial score (nSPS) is 11.5. The van der Waals surface area contributed by atoms with E-state index in [2.05, 4.69) is 16.2 Å². The van der Waals surface area contributed by atoms with Gasteiger partial charge in [0.15, 0.2) is 0 Å². The van der Waals surface area contributed by atoms with Gasteiger partial charge in [-0.2, -0.15) is 0 Å². The average molecular weight is 440 g/mol. The molecule has 0 radical (unpaired) electrons. The highest BCUT2D eigenvalue weighted by Gasteiger charge is 2.19. The van der Waals surface area contributed by atoms with Gasteiger partial charge in [-0.25, -0.2) is 28.9 Å². The van der Waals surface area contributed by atoms with E-state index in [1.807, 2.05) is 0 Å². The van der Waals surface area contributed by atoms with Gasteiger partial charge >= 0.3 is 12.1 Å². The summed E-state index contributed by atoms with van der Waals surface area (Å²) in [7, 11) is -3.72. The summed E-state index contributed by atoms with van der Waals surface area (Å²) in [6.07, 6.45) is -0.813. The van der Waals surface area contributed by atoms with Crippen molar-refractivity contribution in [2.24, 2.45) is 0 Å². The standard InChI is InChI=1S/C19H22ClN3O5S/c1-12-11-15(9-10-16(12)20)29(26,27)14-7-5-13(6-8-14)21-17(24)22-23-18(25)28-19(2,3)4/h5-11H,1-4H3,(H,23,25)(H2,21,22,24). The first-order chi connectivity index (χ1) is 13.4. The minimum Gasteiger partial charge on any atom is -0.443 e. The number of hydrogen-bond acceptors (Lipinski definition) is 5. The molecule has 0 saturated carbocycles. The van der Waals surface area contributed by atoms with Crippen molar-refractivity contribution in [1.29, 1.82) is 0 Å². The highest BCUT2D eigenvalue weighted by Crippen LogP contribution is 2.25. The van der Waals surface area contributed by atoms with Gasteiger partial charge in [0.05, 0.1) is 9.79 Å². The average Bonchev–Trinajstić information content (AvgIpc) is 2.61. The van der Waals surface area contributed by atoms with E-state index >= 15 is 0 Å². The maximum atomic E-state index is 12.7. The molecule has 0 atom stereocenters. The van der Waals surface area contributed by atoms with Crippen LogP contribution in [0.5, 0.6) is 0 Å². The Hall–Kier alpha value is -2.78. The molecule has 0 aliphatic carbocycles. The fraction of sp³-hybridized carbons (Fsp3) is 0.263. The molecule has 10 heteroatoms. The van der Waals surface area contributed by atoms with E-state index in [1.165, 1.54) is 42.5 Å². The van der Waals surface area contributed by atoms with Crippen LogP contribution >= 0.6 is 11.6 Å². The Morgan fingerprint density at radius 2 is 1.55 bits per heavy atom. The first kappa shape index (κ1) is 22.5. The summed E-state index contributed by atoms with van der Waals surface area (Å²) in [5.41, 5.74) is 4.51. The number of nitrogens with one attached hydrogen (secondary N) is 3. The number of carbonyl (C=O) groups excluding carboxylic acids is 2. The molecule has 0 heterocycles. The predicted octanol–water partition coefficient (Wildman–Crippen LogP) is 4.04. The molecule has 0 aliphatic rings. The third-order valence-electron chi connectivity index (χ3n) is 3.54. The van der Waals surface area contributed by atoms with Crippen molar-refractivity contribution >= 4 is 39.2 Å². The number of carbonyl (C=O) groups is 2. The van der Waals surface area contributed by atoms with Crippen LogP contribution in [0, 0.1) is 6.92 Å². The summed E-state index contributed by atoms with van der Waals surface area (Å²) < 4.78 is 30.4. The van der Waals surface area contributed by atoms with E-state index in [0.717, 1.165) is 0 Å². The summed E-state index contributed by atoms with van der Waals surface area (Å²) in [5, 5.41) is 2.94. The molecule has 2 rings (SSSR count). The van der Waals surface area contributed by atoms with Crippen LogP contribution in [0.15, 0.2) is 52.3 Å². The highest BCUT2D eigenvalue weighted by molar-refractivity contribution is 7.91. The van der Waals surface area contributed by atoms with Gasteiger partial charge in [-0.3, -0.25) is 0 Å². The highest BCUT2D eigenvalue weighted by atomic mass is 35.5. The van der Waals surface area contributed by atoms with Crippen LogP contribution in [0.1, 0.15) is 26.3 Å². The molecule has 0 fully saturated rings. The quantitative estimate of drug-likeness (QED) is 0.624. The molecule has 0 spiro atoms. The van der Waals surface area contributed by atoms with Crippen LogP contribution in [0.4, 0.5) is 15.3 Å². The third kappa shape index (κ3) is 6.37. The van der Waals surface area contributed by atoms with Gasteiger partial charge in [-0.1, -0.05) is 11.6 Å². The molecule has 0 unspecified atom stereocenters. The fourth-order valence-corrected chi connectivity index (χ4v) is 3.67. The fourth-order valence-electron chi connectivity index (χ4n) is 2.21. The van der Waals surface area contributed by atoms with E-state index in [-0.39, 0.29) is 9.79 Å². The van der Waals surface area contributed by atoms with E-state index in [0.29, 0.717) is 16.3 Å². The number of aryl methyl sites for hydroxylation is 1. The monoisotopic (exact) mass is 439 g/mol. The van der Waals surface area contributed by atoms with Gasteiger partial charge in [-0.05, 0) is 75.7 Å². The second kappa shape index (κ2) is 8.71. The lowest BCUT2D eigenvalue weighted by atomic mass is 10.2. The van der Waals surface area contributed by atoms with Crippen LogP contribution in [0.3, 0.4) is 0 Å². The van der Waals surface area contributed by atoms with Crippen molar-refractivity contribution in [1.82, 2.24) is 10.9 Å².